The Morgan fingerprint density at radius 1 is 1.26 bits per heavy atom. The van der Waals surface area contributed by atoms with Crippen LogP contribution in [0, 0.1) is 20.8 Å². The minimum absolute atomic E-state index is 0.00744. The first-order chi connectivity index (χ1) is 14.6. The highest BCUT2D eigenvalue weighted by atomic mass is 32.2. The number of rotatable bonds is 5. The Kier molecular flexibility index (Phi) is 5.34. The van der Waals surface area contributed by atoms with Crippen molar-refractivity contribution in [3.05, 3.63) is 46.8 Å². The van der Waals surface area contributed by atoms with Gasteiger partial charge in [-0.1, -0.05) is 0 Å². The molecule has 0 saturated carbocycles. The van der Waals surface area contributed by atoms with Gasteiger partial charge in [-0.15, -0.1) is 0 Å². The topological polar surface area (TPSA) is 123 Å². The number of aromatic nitrogens is 3. The molecule has 164 valence electrons. The molecule has 3 heterocycles. The van der Waals surface area contributed by atoms with Crippen LogP contribution >= 0.6 is 0 Å². The number of ether oxygens (including phenoxy) is 1. The number of esters is 1. The third kappa shape index (κ3) is 4.34. The van der Waals surface area contributed by atoms with E-state index in [0.29, 0.717) is 23.5 Å². The Morgan fingerprint density at radius 3 is 2.74 bits per heavy atom. The van der Waals surface area contributed by atoms with Crippen LogP contribution in [0.25, 0.3) is 10.9 Å². The lowest BCUT2D eigenvalue weighted by Gasteiger charge is -2.14. The molecular weight excluding hydrogens is 420 g/mol. The molecule has 1 amide bonds. The van der Waals surface area contributed by atoms with Gasteiger partial charge >= 0.3 is 5.97 Å². The molecule has 1 saturated heterocycles. The second-order valence-corrected chi connectivity index (χ2v) is 10.2. The van der Waals surface area contributed by atoms with Crippen molar-refractivity contribution in [2.24, 2.45) is 0 Å². The number of H-pyrrole nitrogens is 1. The molecule has 10 heteroatoms. The lowest BCUT2D eigenvalue weighted by Crippen LogP contribution is -2.24. The summed E-state index contributed by atoms with van der Waals surface area (Å²) in [5.74, 6) is -0.633. The summed E-state index contributed by atoms with van der Waals surface area (Å²) in [7, 11) is -3.09. The Bertz CT molecular complexity index is 1290. The first-order valence-electron chi connectivity index (χ1n) is 9.95. The number of nitrogens with zero attached hydrogens (tertiary/aromatic N) is 2. The number of benzene rings is 1. The van der Waals surface area contributed by atoms with Crippen LogP contribution < -0.4 is 5.32 Å². The molecule has 1 atom stereocenters. The summed E-state index contributed by atoms with van der Waals surface area (Å²) >= 11 is 0. The van der Waals surface area contributed by atoms with Gasteiger partial charge in [0.05, 0.1) is 28.8 Å². The van der Waals surface area contributed by atoms with Crippen LogP contribution in [0.2, 0.25) is 0 Å². The fraction of sp³-hybridized carbons (Fsp3) is 0.381. The number of nitrogens with one attached hydrogen (secondary N) is 2. The molecular formula is C21H24N4O5S. The van der Waals surface area contributed by atoms with Crippen molar-refractivity contribution in [3.8, 4) is 0 Å². The number of anilines is 1. The quantitative estimate of drug-likeness (QED) is 0.583. The number of fused-ring (bicyclic) bond motifs is 1. The van der Waals surface area contributed by atoms with E-state index in [1.165, 1.54) is 4.68 Å². The summed E-state index contributed by atoms with van der Waals surface area (Å²) < 4.78 is 30.3. The second-order valence-electron chi connectivity index (χ2n) is 7.93. The molecule has 1 aliphatic heterocycles. The van der Waals surface area contributed by atoms with Gasteiger partial charge in [0.1, 0.15) is 5.82 Å². The van der Waals surface area contributed by atoms with E-state index in [1.807, 2.05) is 19.9 Å². The van der Waals surface area contributed by atoms with E-state index in [0.717, 1.165) is 22.2 Å². The average Bonchev–Trinajstić information content (AvgIpc) is 3.35. The van der Waals surface area contributed by atoms with E-state index in [2.05, 4.69) is 15.4 Å². The molecule has 1 aromatic carbocycles. The van der Waals surface area contributed by atoms with Crippen LogP contribution in [-0.2, 0) is 19.4 Å². The Balaban J connectivity index is 1.41. The monoisotopic (exact) mass is 444 g/mol. The summed E-state index contributed by atoms with van der Waals surface area (Å²) in [5, 5.41) is 7.92. The van der Waals surface area contributed by atoms with Crippen LogP contribution in [0.15, 0.2) is 24.3 Å². The number of hydrogen-bond acceptors (Lipinski definition) is 6. The second kappa shape index (κ2) is 7.84. The molecule has 3 aromatic rings. The lowest BCUT2D eigenvalue weighted by molar-refractivity contribution is -0.119. The van der Waals surface area contributed by atoms with Crippen molar-refractivity contribution in [2.75, 3.05) is 23.4 Å². The molecule has 31 heavy (non-hydrogen) atoms. The van der Waals surface area contributed by atoms with Gasteiger partial charge in [0.2, 0.25) is 0 Å². The van der Waals surface area contributed by atoms with Crippen molar-refractivity contribution < 1.29 is 22.7 Å². The van der Waals surface area contributed by atoms with Gasteiger partial charge in [-0.25, -0.2) is 17.9 Å². The van der Waals surface area contributed by atoms with Crippen molar-refractivity contribution in [1.82, 2.24) is 14.8 Å². The van der Waals surface area contributed by atoms with E-state index >= 15 is 0 Å². The minimum atomic E-state index is -3.09. The van der Waals surface area contributed by atoms with Crippen LogP contribution in [-0.4, -0.2) is 53.2 Å². The first kappa shape index (κ1) is 21.1. The zero-order valence-corrected chi connectivity index (χ0v) is 18.4. The summed E-state index contributed by atoms with van der Waals surface area (Å²) in [6.07, 6.45) is 0.446. The summed E-state index contributed by atoms with van der Waals surface area (Å²) in [6, 6.07) is 6.54. The Morgan fingerprint density at radius 2 is 2.03 bits per heavy atom. The largest absolute Gasteiger partial charge is 0.452 e. The van der Waals surface area contributed by atoms with E-state index in [1.54, 1.807) is 25.1 Å². The standard InChI is InChI=1S/C21H24N4O5S/c1-12-8-19(25(24-12)16-6-7-31(28,29)11-16)23-20(26)10-30-21(27)15-4-5-18-17(9-15)13(2)14(3)22-18/h4-5,8-9,16,22H,6-7,10-11H2,1-3H3,(H,23,26). The third-order valence-electron chi connectivity index (χ3n) is 5.56. The maximum Gasteiger partial charge on any atom is 0.338 e. The van der Waals surface area contributed by atoms with E-state index in [9.17, 15) is 18.0 Å². The van der Waals surface area contributed by atoms with Crippen LogP contribution in [0.4, 0.5) is 5.82 Å². The normalized spacial score (nSPS) is 17.7. The summed E-state index contributed by atoms with van der Waals surface area (Å²) in [5.41, 5.74) is 4.03. The van der Waals surface area contributed by atoms with E-state index < -0.39 is 28.3 Å². The number of carbonyl (C=O) groups excluding carboxylic acids is 2. The number of carbonyl (C=O) groups is 2. The molecule has 1 aliphatic rings. The number of hydrogen-bond donors (Lipinski definition) is 2. The highest BCUT2D eigenvalue weighted by molar-refractivity contribution is 7.91. The van der Waals surface area contributed by atoms with Gasteiger partial charge in [0, 0.05) is 22.7 Å². The average molecular weight is 445 g/mol. The fourth-order valence-electron chi connectivity index (χ4n) is 3.84. The predicted molar refractivity (Wildman–Crippen MR) is 116 cm³/mol. The summed E-state index contributed by atoms with van der Waals surface area (Å²) in [6.45, 7) is 5.23. The maximum absolute atomic E-state index is 12.4. The van der Waals surface area contributed by atoms with Crippen LogP contribution in [0.3, 0.4) is 0 Å². The third-order valence-corrected chi connectivity index (χ3v) is 7.31. The highest BCUT2D eigenvalue weighted by Gasteiger charge is 2.31. The number of aromatic amines is 1. The zero-order valence-electron chi connectivity index (χ0n) is 17.6. The Labute approximate surface area is 179 Å². The van der Waals surface area contributed by atoms with E-state index in [-0.39, 0.29) is 17.5 Å². The molecule has 0 bridgehead atoms. The molecule has 0 spiro atoms. The predicted octanol–water partition coefficient (Wildman–Crippen LogP) is 2.44. The van der Waals surface area contributed by atoms with Crippen molar-refractivity contribution >= 4 is 38.4 Å². The molecule has 2 aromatic heterocycles. The zero-order chi connectivity index (χ0) is 22.3. The smallest absolute Gasteiger partial charge is 0.338 e. The molecule has 9 nitrogen and oxygen atoms in total. The highest BCUT2D eigenvalue weighted by Crippen LogP contribution is 2.27. The van der Waals surface area contributed by atoms with Gasteiger partial charge < -0.3 is 15.0 Å². The molecule has 0 aliphatic carbocycles. The molecule has 4 rings (SSSR count). The van der Waals surface area contributed by atoms with Crippen molar-refractivity contribution in [2.45, 2.75) is 33.2 Å². The SMILES string of the molecule is Cc1cc(NC(=O)COC(=O)c2ccc3[nH]c(C)c(C)c3c2)n(C2CCS(=O)(=O)C2)n1. The number of amides is 1. The maximum atomic E-state index is 12.4. The summed E-state index contributed by atoms with van der Waals surface area (Å²) in [4.78, 5) is 28.0. The van der Waals surface area contributed by atoms with E-state index in [4.69, 9.17) is 4.74 Å². The van der Waals surface area contributed by atoms with Gasteiger partial charge in [-0.05, 0) is 51.0 Å². The van der Waals surface area contributed by atoms with Crippen LogP contribution in [0.5, 0.6) is 0 Å². The number of sulfone groups is 1. The van der Waals surface area contributed by atoms with Crippen molar-refractivity contribution in [1.29, 1.82) is 0 Å². The Hall–Kier alpha value is -3.14. The first-order valence-corrected chi connectivity index (χ1v) is 11.8. The number of aryl methyl sites for hydroxylation is 3. The van der Waals surface area contributed by atoms with Gasteiger partial charge in [-0.2, -0.15) is 5.10 Å². The fourth-order valence-corrected chi connectivity index (χ4v) is 5.53. The van der Waals surface area contributed by atoms with Crippen molar-refractivity contribution in [3.63, 3.8) is 0 Å². The minimum Gasteiger partial charge on any atom is -0.452 e. The van der Waals surface area contributed by atoms with Gasteiger partial charge in [0.15, 0.2) is 16.4 Å². The molecule has 2 N–H and O–H groups in total. The molecule has 1 fully saturated rings. The van der Waals surface area contributed by atoms with Gasteiger partial charge in [0.25, 0.3) is 5.91 Å². The lowest BCUT2D eigenvalue weighted by atomic mass is 10.1. The van der Waals surface area contributed by atoms with Crippen LogP contribution in [0.1, 0.15) is 39.8 Å². The molecule has 0 radical (unpaired) electrons. The molecule has 1 unspecified atom stereocenters. The van der Waals surface area contributed by atoms with Gasteiger partial charge in [-0.3, -0.25) is 4.79 Å².